The standard InChI is InChI=1S/C16H26N4/c1-2-7-17-16-12-13(5-8-18-16)19-14-6-10-20-9-3-4-15(20)11-14/h5,8,12,14-15H,2-4,6-7,9-11H2,1H3,(H2,17,18,19). The van der Waals surface area contributed by atoms with Crippen LogP contribution in [0.2, 0.25) is 0 Å². The summed E-state index contributed by atoms with van der Waals surface area (Å²) in [6, 6.07) is 5.66. The number of pyridine rings is 1. The number of rotatable bonds is 5. The number of hydrogen-bond acceptors (Lipinski definition) is 4. The Morgan fingerprint density at radius 3 is 3.20 bits per heavy atom. The summed E-state index contributed by atoms with van der Waals surface area (Å²) < 4.78 is 0. The first-order chi connectivity index (χ1) is 9.85. The Bertz CT molecular complexity index is 434. The van der Waals surface area contributed by atoms with Crippen molar-refractivity contribution < 1.29 is 0 Å². The molecule has 2 atom stereocenters. The van der Waals surface area contributed by atoms with Crippen molar-refractivity contribution in [3.63, 3.8) is 0 Å². The summed E-state index contributed by atoms with van der Waals surface area (Å²) in [5.41, 5.74) is 1.20. The fourth-order valence-corrected chi connectivity index (χ4v) is 3.46. The molecule has 0 spiro atoms. The van der Waals surface area contributed by atoms with Crippen molar-refractivity contribution in [3.8, 4) is 0 Å². The maximum absolute atomic E-state index is 4.36. The van der Waals surface area contributed by atoms with Gasteiger partial charge in [0.05, 0.1) is 0 Å². The highest BCUT2D eigenvalue weighted by Crippen LogP contribution is 2.28. The van der Waals surface area contributed by atoms with Crippen molar-refractivity contribution in [2.45, 2.75) is 51.1 Å². The van der Waals surface area contributed by atoms with Crippen LogP contribution < -0.4 is 10.6 Å². The number of piperidine rings is 1. The predicted molar refractivity (Wildman–Crippen MR) is 84.3 cm³/mol. The monoisotopic (exact) mass is 274 g/mol. The van der Waals surface area contributed by atoms with Gasteiger partial charge in [-0.05, 0) is 44.7 Å². The summed E-state index contributed by atoms with van der Waals surface area (Å²) in [5.74, 6) is 0.982. The Morgan fingerprint density at radius 1 is 1.35 bits per heavy atom. The van der Waals surface area contributed by atoms with Crippen LogP contribution in [0.1, 0.15) is 39.0 Å². The molecule has 3 rings (SSSR count). The lowest BCUT2D eigenvalue weighted by molar-refractivity contribution is 0.188. The Morgan fingerprint density at radius 2 is 2.30 bits per heavy atom. The van der Waals surface area contributed by atoms with Gasteiger partial charge in [0.2, 0.25) is 0 Å². The highest BCUT2D eigenvalue weighted by molar-refractivity contribution is 5.52. The van der Waals surface area contributed by atoms with Gasteiger partial charge in [-0.1, -0.05) is 6.92 Å². The second kappa shape index (κ2) is 6.44. The minimum atomic E-state index is 0.621. The third kappa shape index (κ3) is 3.23. The van der Waals surface area contributed by atoms with Crippen LogP contribution in [0.4, 0.5) is 11.5 Å². The first kappa shape index (κ1) is 13.7. The van der Waals surface area contributed by atoms with Crippen molar-refractivity contribution in [2.75, 3.05) is 30.3 Å². The van der Waals surface area contributed by atoms with E-state index in [1.54, 1.807) is 0 Å². The molecular weight excluding hydrogens is 248 g/mol. The minimum Gasteiger partial charge on any atom is -0.382 e. The summed E-state index contributed by atoms with van der Waals surface area (Å²) >= 11 is 0. The van der Waals surface area contributed by atoms with Crippen molar-refractivity contribution in [2.24, 2.45) is 0 Å². The third-order valence-electron chi connectivity index (χ3n) is 4.51. The van der Waals surface area contributed by atoms with Crippen LogP contribution in [0.15, 0.2) is 18.3 Å². The van der Waals surface area contributed by atoms with Gasteiger partial charge in [0.15, 0.2) is 0 Å². The van der Waals surface area contributed by atoms with Crippen molar-refractivity contribution in [1.29, 1.82) is 0 Å². The molecule has 0 amide bonds. The van der Waals surface area contributed by atoms with E-state index in [4.69, 9.17) is 0 Å². The van der Waals surface area contributed by atoms with Crippen LogP contribution >= 0.6 is 0 Å². The van der Waals surface area contributed by atoms with Gasteiger partial charge in [-0.2, -0.15) is 0 Å². The van der Waals surface area contributed by atoms with E-state index < -0.39 is 0 Å². The van der Waals surface area contributed by atoms with Crippen LogP contribution in [0.25, 0.3) is 0 Å². The van der Waals surface area contributed by atoms with Gasteiger partial charge in [0, 0.05) is 43.1 Å². The zero-order valence-electron chi connectivity index (χ0n) is 12.4. The van der Waals surface area contributed by atoms with E-state index in [0.717, 1.165) is 24.8 Å². The summed E-state index contributed by atoms with van der Waals surface area (Å²) in [5, 5.41) is 7.05. The van der Waals surface area contributed by atoms with Gasteiger partial charge < -0.3 is 15.5 Å². The van der Waals surface area contributed by atoms with Crippen LogP contribution in [-0.2, 0) is 0 Å². The Kier molecular flexibility index (Phi) is 4.41. The van der Waals surface area contributed by atoms with Crippen molar-refractivity contribution in [3.05, 3.63) is 18.3 Å². The molecule has 1 aromatic heterocycles. The number of nitrogens with one attached hydrogen (secondary N) is 2. The van der Waals surface area contributed by atoms with E-state index in [2.05, 4.69) is 39.6 Å². The second-order valence-electron chi connectivity index (χ2n) is 6.05. The van der Waals surface area contributed by atoms with Gasteiger partial charge in [-0.15, -0.1) is 0 Å². The Hall–Kier alpha value is -1.29. The minimum absolute atomic E-state index is 0.621. The number of nitrogens with zero attached hydrogens (tertiary/aromatic N) is 2. The van der Waals surface area contributed by atoms with Gasteiger partial charge in [0.25, 0.3) is 0 Å². The molecule has 2 saturated heterocycles. The molecule has 2 aliphatic heterocycles. The smallest absolute Gasteiger partial charge is 0.127 e. The average molecular weight is 274 g/mol. The Balaban J connectivity index is 1.57. The highest BCUT2D eigenvalue weighted by Gasteiger charge is 2.31. The zero-order chi connectivity index (χ0) is 13.8. The number of aromatic nitrogens is 1. The summed E-state index contributed by atoms with van der Waals surface area (Å²) in [6.45, 7) is 5.73. The van der Waals surface area contributed by atoms with Crippen LogP contribution in [0.3, 0.4) is 0 Å². The number of anilines is 2. The second-order valence-corrected chi connectivity index (χ2v) is 6.05. The molecule has 0 saturated carbocycles. The molecule has 2 aliphatic rings. The zero-order valence-corrected chi connectivity index (χ0v) is 12.4. The molecule has 2 unspecified atom stereocenters. The van der Waals surface area contributed by atoms with Crippen LogP contribution in [0, 0.1) is 0 Å². The summed E-state index contributed by atoms with van der Waals surface area (Å²) in [4.78, 5) is 7.03. The molecule has 0 bridgehead atoms. The van der Waals surface area contributed by atoms with Gasteiger partial charge in [-0.3, -0.25) is 0 Å². The number of fused-ring (bicyclic) bond motifs is 1. The van der Waals surface area contributed by atoms with Crippen LogP contribution in [-0.4, -0.2) is 41.6 Å². The summed E-state index contributed by atoms with van der Waals surface area (Å²) in [7, 11) is 0. The quantitative estimate of drug-likeness (QED) is 0.866. The maximum Gasteiger partial charge on any atom is 0.127 e. The van der Waals surface area contributed by atoms with Crippen molar-refractivity contribution in [1.82, 2.24) is 9.88 Å². The molecule has 0 aliphatic carbocycles. The first-order valence-electron chi connectivity index (χ1n) is 8.05. The van der Waals surface area contributed by atoms with E-state index in [1.807, 2.05) is 6.20 Å². The van der Waals surface area contributed by atoms with Gasteiger partial charge in [-0.25, -0.2) is 4.98 Å². The lowest BCUT2D eigenvalue weighted by Crippen LogP contribution is -2.42. The maximum atomic E-state index is 4.36. The normalized spacial score (nSPS) is 26.2. The van der Waals surface area contributed by atoms with E-state index in [0.29, 0.717) is 6.04 Å². The molecule has 4 nitrogen and oxygen atoms in total. The Labute approximate surface area is 122 Å². The molecular formula is C16H26N4. The van der Waals surface area contributed by atoms with E-state index >= 15 is 0 Å². The molecule has 2 N–H and O–H groups in total. The molecule has 3 heterocycles. The molecule has 0 radical (unpaired) electrons. The molecule has 1 aromatic rings. The molecule has 110 valence electrons. The van der Waals surface area contributed by atoms with Crippen molar-refractivity contribution >= 4 is 11.5 Å². The largest absolute Gasteiger partial charge is 0.382 e. The topological polar surface area (TPSA) is 40.2 Å². The fourth-order valence-electron chi connectivity index (χ4n) is 3.46. The lowest BCUT2D eigenvalue weighted by Gasteiger charge is -2.35. The first-order valence-corrected chi connectivity index (χ1v) is 8.05. The van der Waals surface area contributed by atoms with E-state index in [9.17, 15) is 0 Å². The molecule has 20 heavy (non-hydrogen) atoms. The van der Waals surface area contributed by atoms with E-state index in [-0.39, 0.29) is 0 Å². The average Bonchev–Trinajstić information content (AvgIpc) is 2.93. The SMILES string of the molecule is CCCNc1cc(NC2CCN3CCCC3C2)ccn1. The lowest BCUT2D eigenvalue weighted by atomic mass is 9.97. The fraction of sp³-hybridized carbons (Fsp3) is 0.688. The van der Waals surface area contributed by atoms with Gasteiger partial charge >= 0.3 is 0 Å². The van der Waals surface area contributed by atoms with Crippen LogP contribution in [0.5, 0.6) is 0 Å². The predicted octanol–water partition coefficient (Wildman–Crippen LogP) is 2.94. The number of hydrogen-bond donors (Lipinski definition) is 2. The van der Waals surface area contributed by atoms with Gasteiger partial charge in [0.1, 0.15) is 5.82 Å². The molecule has 2 fully saturated rings. The highest BCUT2D eigenvalue weighted by atomic mass is 15.2. The third-order valence-corrected chi connectivity index (χ3v) is 4.51. The molecule has 0 aromatic carbocycles. The molecule has 4 heteroatoms. The summed E-state index contributed by atoms with van der Waals surface area (Å²) in [6.07, 6.45) is 8.34. The van der Waals surface area contributed by atoms with E-state index in [1.165, 1.54) is 44.5 Å².